The van der Waals surface area contributed by atoms with Crippen LogP contribution in [0, 0.1) is 0 Å². The van der Waals surface area contributed by atoms with Gasteiger partial charge < -0.3 is 14.5 Å². The zero-order valence-electron chi connectivity index (χ0n) is 11.4. The number of benzene rings is 1. The molecular formula is C16H21NO2. The minimum absolute atomic E-state index is 0.519. The molecular weight excluding hydrogens is 238 g/mol. The van der Waals surface area contributed by atoms with Gasteiger partial charge in [-0.2, -0.15) is 0 Å². The summed E-state index contributed by atoms with van der Waals surface area (Å²) in [6, 6.07) is 12.2. The molecule has 0 aliphatic heterocycles. The Balaban J connectivity index is 1.78. The summed E-state index contributed by atoms with van der Waals surface area (Å²) in [6.45, 7) is 5.16. The molecule has 1 aromatic heterocycles. The number of rotatable bonds is 8. The lowest BCUT2D eigenvalue weighted by molar-refractivity contribution is 0.0921. The molecule has 3 heteroatoms. The van der Waals surface area contributed by atoms with Gasteiger partial charge >= 0.3 is 0 Å². The van der Waals surface area contributed by atoms with E-state index in [4.69, 9.17) is 9.15 Å². The van der Waals surface area contributed by atoms with Crippen molar-refractivity contribution < 1.29 is 9.15 Å². The third kappa shape index (κ3) is 4.54. The summed E-state index contributed by atoms with van der Waals surface area (Å²) in [5.41, 5.74) is 2.36. The molecule has 0 aliphatic carbocycles. The van der Waals surface area contributed by atoms with Gasteiger partial charge in [-0.25, -0.2) is 0 Å². The molecule has 3 nitrogen and oxygen atoms in total. The van der Waals surface area contributed by atoms with E-state index in [1.807, 2.05) is 24.3 Å². The Morgan fingerprint density at radius 1 is 1.11 bits per heavy atom. The van der Waals surface area contributed by atoms with Crippen molar-refractivity contribution in [3.8, 4) is 0 Å². The molecule has 102 valence electrons. The Bertz CT molecular complexity index is 465. The largest absolute Gasteiger partial charge is 0.467 e. The molecule has 1 aromatic carbocycles. The van der Waals surface area contributed by atoms with Crippen LogP contribution in [0.5, 0.6) is 0 Å². The summed E-state index contributed by atoms with van der Waals surface area (Å²) in [6.07, 6.45) is 2.86. The van der Waals surface area contributed by atoms with Crippen LogP contribution in [0.15, 0.2) is 47.1 Å². The fourth-order valence-electron chi connectivity index (χ4n) is 1.89. The van der Waals surface area contributed by atoms with E-state index in [1.54, 1.807) is 6.26 Å². The predicted octanol–water partition coefficient (Wildman–Crippen LogP) is 3.50. The van der Waals surface area contributed by atoms with Crippen molar-refractivity contribution >= 4 is 0 Å². The molecule has 1 heterocycles. The quantitative estimate of drug-likeness (QED) is 0.737. The minimum Gasteiger partial charge on any atom is -0.467 e. The van der Waals surface area contributed by atoms with E-state index in [2.05, 4.69) is 24.4 Å². The van der Waals surface area contributed by atoms with Gasteiger partial charge in [-0.05, 0) is 24.6 Å². The summed E-state index contributed by atoms with van der Waals surface area (Å²) in [5, 5.41) is 3.37. The highest BCUT2D eigenvalue weighted by Crippen LogP contribution is 2.13. The maximum absolute atomic E-state index is 5.69. The molecule has 0 spiro atoms. The molecule has 0 radical (unpaired) electrons. The SMILES string of the molecule is CCCNCc1ccoc1COCc1ccccc1. The van der Waals surface area contributed by atoms with Crippen LogP contribution in [-0.2, 0) is 24.5 Å². The Morgan fingerprint density at radius 3 is 2.74 bits per heavy atom. The lowest BCUT2D eigenvalue weighted by Crippen LogP contribution is -2.14. The Labute approximate surface area is 114 Å². The van der Waals surface area contributed by atoms with Crippen LogP contribution in [0.25, 0.3) is 0 Å². The van der Waals surface area contributed by atoms with Crippen LogP contribution in [0.4, 0.5) is 0 Å². The van der Waals surface area contributed by atoms with E-state index in [1.165, 1.54) is 11.1 Å². The van der Waals surface area contributed by atoms with Gasteiger partial charge in [0.25, 0.3) is 0 Å². The molecule has 19 heavy (non-hydrogen) atoms. The van der Waals surface area contributed by atoms with Gasteiger partial charge in [0.2, 0.25) is 0 Å². The van der Waals surface area contributed by atoms with Gasteiger partial charge in [-0.3, -0.25) is 0 Å². The highest BCUT2D eigenvalue weighted by molar-refractivity contribution is 5.16. The summed E-state index contributed by atoms with van der Waals surface area (Å²) in [4.78, 5) is 0. The fraction of sp³-hybridized carbons (Fsp3) is 0.375. The van der Waals surface area contributed by atoms with Gasteiger partial charge in [0.15, 0.2) is 0 Å². The number of nitrogens with one attached hydrogen (secondary N) is 1. The second-order valence-electron chi connectivity index (χ2n) is 4.52. The van der Waals surface area contributed by atoms with Crippen LogP contribution >= 0.6 is 0 Å². The van der Waals surface area contributed by atoms with E-state index in [0.29, 0.717) is 13.2 Å². The molecule has 0 saturated carbocycles. The van der Waals surface area contributed by atoms with Crippen molar-refractivity contribution in [1.29, 1.82) is 0 Å². The Hall–Kier alpha value is -1.58. The molecule has 0 fully saturated rings. The number of ether oxygens (including phenoxy) is 1. The highest BCUT2D eigenvalue weighted by atomic mass is 16.5. The van der Waals surface area contributed by atoms with Crippen LogP contribution in [-0.4, -0.2) is 6.54 Å². The van der Waals surface area contributed by atoms with Crippen molar-refractivity contribution in [2.75, 3.05) is 6.54 Å². The molecule has 0 saturated heterocycles. The monoisotopic (exact) mass is 259 g/mol. The summed E-state index contributed by atoms with van der Waals surface area (Å²) >= 11 is 0. The maximum Gasteiger partial charge on any atom is 0.133 e. The molecule has 1 N–H and O–H groups in total. The first-order valence-electron chi connectivity index (χ1n) is 6.77. The van der Waals surface area contributed by atoms with Gasteiger partial charge in [-0.1, -0.05) is 37.3 Å². The first kappa shape index (κ1) is 13.8. The average Bonchev–Trinajstić information content (AvgIpc) is 2.88. The average molecular weight is 259 g/mol. The number of hydrogen-bond donors (Lipinski definition) is 1. The van der Waals surface area contributed by atoms with Crippen LogP contribution in [0.2, 0.25) is 0 Å². The zero-order chi connectivity index (χ0) is 13.3. The fourth-order valence-corrected chi connectivity index (χ4v) is 1.89. The van der Waals surface area contributed by atoms with Crippen LogP contribution < -0.4 is 5.32 Å². The summed E-state index contributed by atoms with van der Waals surface area (Å²) in [5.74, 6) is 0.916. The van der Waals surface area contributed by atoms with E-state index in [0.717, 1.165) is 25.3 Å². The molecule has 0 atom stereocenters. The molecule has 0 aliphatic rings. The van der Waals surface area contributed by atoms with Gasteiger partial charge in [0.05, 0.1) is 12.9 Å². The van der Waals surface area contributed by atoms with Gasteiger partial charge in [0, 0.05) is 12.1 Å². The van der Waals surface area contributed by atoms with Crippen molar-refractivity contribution in [2.45, 2.75) is 33.1 Å². The van der Waals surface area contributed by atoms with E-state index in [-0.39, 0.29) is 0 Å². The number of furan rings is 1. The van der Waals surface area contributed by atoms with Crippen molar-refractivity contribution in [2.24, 2.45) is 0 Å². The van der Waals surface area contributed by atoms with E-state index >= 15 is 0 Å². The van der Waals surface area contributed by atoms with Gasteiger partial charge in [0.1, 0.15) is 12.4 Å². The highest BCUT2D eigenvalue weighted by Gasteiger charge is 2.06. The standard InChI is InChI=1S/C16H21NO2/c1-2-9-17-11-15-8-10-19-16(15)13-18-12-14-6-4-3-5-7-14/h3-8,10,17H,2,9,11-13H2,1H3. The second-order valence-corrected chi connectivity index (χ2v) is 4.52. The van der Waals surface area contributed by atoms with Crippen molar-refractivity contribution in [1.82, 2.24) is 5.32 Å². The van der Waals surface area contributed by atoms with E-state index in [9.17, 15) is 0 Å². The molecule has 0 bridgehead atoms. The van der Waals surface area contributed by atoms with Crippen LogP contribution in [0.3, 0.4) is 0 Å². The first-order valence-corrected chi connectivity index (χ1v) is 6.77. The summed E-state index contributed by atoms with van der Waals surface area (Å²) in [7, 11) is 0. The van der Waals surface area contributed by atoms with E-state index < -0.39 is 0 Å². The molecule has 0 unspecified atom stereocenters. The first-order chi connectivity index (χ1) is 9.40. The lowest BCUT2D eigenvalue weighted by atomic mass is 10.2. The summed E-state index contributed by atoms with van der Waals surface area (Å²) < 4.78 is 11.2. The third-order valence-electron chi connectivity index (χ3n) is 2.92. The van der Waals surface area contributed by atoms with Crippen LogP contribution in [0.1, 0.15) is 30.2 Å². The Morgan fingerprint density at radius 2 is 1.95 bits per heavy atom. The topological polar surface area (TPSA) is 34.4 Å². The predicted molar refractivity (Wildman–Crippen MR) is 75.6 cm³/mol. The minimum atomic E-state index is 0.519. The molecule has 2 aromatic rings. The normalized spacial score (nSPS) is 10.8. The van der Waals surface area contributed by atoms with Gasteiger partial charge in [-0.15, -0.1) is 0 Å². The lowest BCUT2D eigenvalue weighted by Gasteiger charge is -2.06. The van der Waals surface area contributed by atoms with Crippen molar-refractivity contribution in [3.63, 3.8) is 0 Å². The zero-order valence-corrected chi connectivity index (χ0v) is 11.4. The maximum atomic E-state index is 5.69. The molecule has 2 rings (SSSR count). The Kier molecular flexibility index (Phi) is 5.66. The van der Waals surface area contributed by atoms with Crippen molar-refractivity contribution in [3.05, 3.63) is 59.5 Å². The second kappa shape index (κ2) is 7.77. The smallest absolute Gasteiger partial charge is 0.133 e. The third-order valence-corrected chi connectivity index (χ3v) is 2.92. The number of hydrogen-bond acceptors (Lipinski definition) is 3. The molecule has 0 amide bonds.